The van der Waals surface area contributed by atoms with Crippen LogP contribution in [0.2, 0.25) is 5.15 Å². The molecule has 4 aliphatic heterocycles. The van der Waals surface area contributed by atoms with Crippen LogP contribution in [0.3, 0.4) is 0 Å². The van der Waals surface area contributed by atoms with Crippen molar-refractivity contribution in [3.63, 3.8) is 0 Å². The summed E-state index contributed by atoms with van der Waals surface area (Å²) in [6.45, 7) is 4.94. The second-order valence-corrected chi connectivity index (χ2v) is 8.61. The average molecular weight is 413 g/mol. The lowest BCUT2D eigenvalue weighted by molar-refractivity contribution is 0.0730. The molecular weight excluding hydrogens is 387 g/mol. The normalized spacial score (nSPS) is 33.0. The molecular formula is C19H26ClFN4O3. The molecule has 1 aromatic heterocycles. The predicted octanol–water partition coefficient (Wildman–Crippen LogP) is 2.21. The van der Waals surface area contributed by atoms with E-state index in [4.69, 9.17) is 30.8 Å². The van der Waals surface area contributed by atoms with Crippen molar-refractivity contribution in [2.45, 2.75) is 50.0 Å². The molecule has 0 unspecified atom stereocenters. The van der Waals surface area contributed by atoms with E-state index in [0.717, 1.165) is 50.3 Å². The second kappa shape index (κ2) is 7.55. The van der Waals surface area contributed by atoms with Crippen molar-refractivity contribution >= 4 is 17.4 Å². The average Bonchev–Trinajstić information content (AvgIpc) is 3.00. The largest absolute Gasteiger partial charge is 0.461 e. The Balaban J connectivity index is 1.40. The molecule has 0 bridgehead atoms. The van der Waals surface area contributed by atoms with Crippen LogP contribution in [0.15, 0.2) is 0 Å². The molecule has 0 N–H and O–H groups in total. The second-order valence-electron chi connectivity index (χ2n) is 8.25. The molecule has 0 aliphatic carbocycles. The maximum absolute atomic E-state index is 14.0. The smallest absolute Gasteiger partial charge is 0.319 e. The Hall–Kier alpha value is -1.22. The standard InChI is InChI=1S/C19H26ClFN4O3/c20-16-15-11-27-10-14-9-26-6-2-5-25(14)17(15)23-18(22-16)28-12-19-3-1-4-24(19)8-13(21)7-19/h13-14H,1-12H2/t13-,14+,19+/m1/s1. The molecule has 3 atom stereocenters. The predicted molar refractivity (Wildman–Crippen MR) is 102 cm³/mol. The third-order valence-corrected chi connectivity index (χ3v) is 6.73. The molecule has 0 aromatic carbocycles. The Labute approximate surface area is 169 Å². The maximum atomic E-state index is 14.0. The van der Waals surface area contributed by atoms with Crippen LogP contribution in [0.1, 0.15) is 31.2 Å². The van der Waals surface area contributed by atoms with Gasteiger partial charge in [-0.1, -0.05) is 11.6 Å². The summed E-state index contributed by atoms with van der Waals surface area (Å²) in [7, 11) is 0. The first-order valence-corrected chi connectivity index (χ1v) is 10.5. The third kappa shape index (κ3) is 3.34. The highest BCUT2D eigenvalue weighted by atomic mass is 35.5. The van der Waals surface area contributed by atoms with Crippen molar-refractivity contribution in [3.8, 4) is 6.01 Å². The fraction of sp³-hybridized carbons (Fsp3) is 0.789. The summed E-state index contributed by atoms with van der Waals surface area (Å²) in [6, 6.07) is 0.367. The number of alkyl halides is 1. The Kier molecular flexibility index (Phi) is 5.07. The highest BCUT2D eigenvalue weighted by Gasteiger charge is 2.49. The molecule has 28 heavy (non-hydrogen) atoms. The fourth-order valence-corrected chi connectivity index (χ4v) is 5.25. The fourth-order valence-electron chi connectivity index (χ4n) is 5.04. The van der Waals surface area contributed by atoms with Crippen molar-refractivity contribution in [3.05, 3.63) is 10.7 Å². The zero-order chi connectivity index (χ0) is 19.1. The van der Waals surface area contributed by atoms with Gasteiger partial charge >= 0.3 is 6.01 Å². The Bertz CT molecular complexity index is 741. The first-order valence-electron chi connectivity index (χ1n) is 10.2. The van der Waals surface area contributed by atoms with Crippen LogP contribution in [0.4, 0.5) is 10.2 Å². The number of fused-ring (bicyclic) bond motifs is 4. The van der Waals surface area contributed by atoms with Gasteiger partial charge in [0.15, 0.2) is 0 Å². The van der Waals surface area contributed by atoms with E-state index in [2.05, 4.69) is 14.8 Å². The Morgan fingerprint density at radius 3 is 3.04 bits per heavy atom. The number of hydrogen-bond acceptors (Lipinski definition) is 7. The van der Waals surface area contributed by atoms with Gasteiger partial charge in [-0.15, -0.1) is 0 Å². The van der Waals surface area contributed by atoms with Gasteiger partial charge in [0.1, 0.15) is 23.7 Å². The number of anilines is 1. The van der Waals surface area contributed by atoms with Crippen molar-refractivity contribution in [1.29, 1.82) is 0 Å². The summed E-state index contributed by atoms with van der Waals surface area (Å²) < 4.78 is 31.5. The first kappa shape index (κ1) is 18.8. The van der Waals surface area contributed by atoms with Crippen molar-refractivity contribution in [1.82, 2.24) is 14.9 Å². The molecule has 0 amide bonds. The molecule has 5 heterocycles. The number of hydrogen-bond donors (Lipinski definition) is 0. The van der Waals surface area contributed by atoms with E-state index in [0.29, 0.717) is 44.5 Å². The van der Waals surface area contributed by atoms with Gasteiger partial charge < -0.3 is 19.1 Å². The first-order chi connectivity index (χ1) is 13.6. The van der Waals surface area contributed by atoms with Gasteiger partial charge in [-0.2, -0.15) is 9.97 Å². The van der Waals surface area contributed by atoms with Crippen LogP contribution in [0, 0.1) is 0 Å². The number of aromatic nitrogens is 2. The van der Waals surface area contributed by atoms with Gasteiger partial charge in [0.25, 0.3) is 0 Å². The van der Waals surface area contributed by atoms with Crippen LogP contribution in [0.25, 0.3) is 0 Å². The number of ether oxygens (including phenoxy) is 3. The Morgan fingerprint density at radius 2 is 2.11 bits per heavy atom. The molecule has 154 valence electrons. The summed E-state index contributed by atoms with van der Waals surface area (Å²) in [5.74, 6) is 0.776. The molecule has 0 radical (unpaired) electrons. The number of halogens is 2. The van der Waals surface area contributed by atoms with Gasteiger partial charge in [-0.25, -0.2) is 4.39 Å². The lowest BCUT2D eigenvalue weighted by Crippen LogP contribution is -2.43. The van der Waals surface area contributed by atoms with Crippen molar-refractivity contribution < 1.29 is 18.6 Å². The van der Waals surface area contributed by atoms with E-state index in [-0.39, 0.29) is 17.6 Å². The monoisotopic (exact) mass is 412 g/mol. The third-order valence-electron chi connectivity index (χ3n) is 6.41. The van der Waals surface area contributed by atoms with Gasteiger partial charge in [-0.05, 0) is 25.8 Å². The van der Waals surface area contributed by atoms with E-state index in [1.54, 1.807) is 0 Å². The van der Waals surface area contributed by atoms with Gasteiger partial charge in [0.2, 0.25) is 0 Å². The molecule has 3 saturated heterocycles. The molecule has 0 spiro atoms. The Morgan fingerprint density at radius 1 is 1.21 bits per heavy atom. The van der Waals surface area contributed by atoms with Gasteiger partial charge in [0.05, 0.1) is 37.0 Å². The van der Waals surface area contributed by atoms with Gasteiger partial charge in [-0.3, -0.25) is 4.90 Å². The van der Waals surface area contributed by atoms with E-state index in [1.807, 2.05) is 0 Å². The molecule has 7 nitrogen and oxygen atoms in total. The quantitative estimate of drug-likeness (QED) is 0.705. The highest BCUT2D eigenvalue weighted by Crippen LogP contribution is 2.40. The van der Waals surface area contributed by atoms with Crippen LogP contribution < -0.4 is 9.64 Å². The molecule has 9 heteroatoms. The molecule has 1 aromatic rings. The van der Waals surface area contributed by atoms with E-state index < -0.39 is 6.17 Å². The molecule has 4 aliphatic rings. The van der Waals surface area contributed by atoms with E-state index >= 15 is 0 Å². The topological polar surface area (TPSA) is 60.0 Å². The van der Waals surface area contributed by atoms with Crippen molar-refractivity contribution in [2.24, 2.45) is 0 Å². The van der Waals surface area contributed by atoms with Crippen LogP contribution >= 0.6 is 11.6 Å². The summed E-state index contributed by atoms with van der Waals surface area (Å²) in [5, 5.41) is 0.362. The molecule has 3 fully saturated rings. The van der Waals surface area contributed by atoms with Crippen molar-refractivity contribution in [2.75, 3.05) is 51.0 Å². The highest BCUT2D eigenvalue weighted by molar-refractivity contribution is 6.30. The maximum Gasteiger partial charge on any atom is 0.319 e. The molecule has 5 rings (SSSR count). The van der Waals surface area contributed by atoms with E-state index in [9.17, 15) is 4.39 Å². The lowest BCUT2D eigenvalue weighted by atomic mass is 9.95. The minimum atomic E-state index is -0.782. The lowest BCUT2D eigenvalue weighted by Gasteiger charge is -2.31. The zero-order valence-corrected chi connectivity index (χ0v) is 16.7. The minimum Gasteiger partial charge on any atom is -0.461 e. The van der Waals surface area contributed by atoms with Gasteiger partial charge in [0, 0.05) is 26.1 Å². The summed E-state index contributed by atoms with van der Waals surface area (Å²) in [6.07, 6.45) is 2.69. The number of rotatable bonds is 3. The van der Waals surface area contributed by atoms with E-state index in [1.165, 1.54) is 0 Å². The minimum absolute atomic E-state index is 0.105. The number of nitrogens with zero attached hydrogens (tertiary/aromatic N) is 4. The summed E-state index contributed by atoms with van der Waals surface area (Å²) in [5.41, 5.74) is 0.563. The zero-order valence-electron chi connectivity index (χ0n) is 15.9. The summed E-state index contributed by atoms with van der Waals surface area (Å²) in [4.78, 5) is 13.5. The summed E-state index contributed by atoms with van der Waals surface area (Å²) >= 11 is 6.48. The molecule has 0 saturated carbocycles. The SMILES string of the molecule is F[C@H]1CN2CCC[C@@]2(COc2nc(Cl)c3c(n2)N2CCCOC[C@H]2COC3)C1. The van der Waals surface area contributed by atoms with Crippen LogP contribution in [-0.2, 0) is 16.1 Å². The van der Waals surface area contributed by atoms with Crippen LogP contribution in [-0.4, -0.2) is 78.7 Å². The van der Waals surface area contributed by atoms with Crippen LogP contribution in [0.5, 0.6) is 6.01 Å².